The molecule has 1 heterocycles. The van der Waals surface area contributed by atoms with Crippen molar-refractivity contribution in [3.8, 4) is 0 Å². The fourth-order valence-corrected chi connectivity index (χ4v) is 2.63. The van der Waals surface area contributed by atoms with E-state index in [-0.39, 0.29) is 16.8 Å². The topological polar surface area (TPSA) is 40.5 Å². The number of aliphatic hydroxyl groups excluding tert-OH is 1. The average Bonchev–Trinajstić information content (AvgIpc) is 2.57. The van der Waals surface area contributed by atoms with Crippen molar-refractivity contribution in [1.29, 1.82) is 0 Å². The van der Waals surface area contributed by atoms with Crippen LogP contribution in [0, 0.1) is 0 Å². The van der Waals surface area contributed by atoms with Gasteiger partial charge in [0, 0.05) is 24.3 Å². The van der Waals surface area contributed by atoms with Gasteiger partial charge in [0.15, 0.2) is 0 Å². The molecule has 0 aliphatic carbocycles. The predicted molar refractivity (Wildman–Crippen MR) is 68.6 cm³/mol. The smallest absolute Gasteiger partial charge is 0.222 e. The summed E-state index contributed by atoms with van der Waals surface area (Å²) in [5.74, 6) is 1.23. The van der Waals surface area contributed by atoms with Crippen molar-refractivity contribution in [2.45, 2.75) is 50.9 Å². The molecule has 0 spiro atoms. The van der Waals surface area contributed by atoms with Crippen LogP contribution in [0.15, 0.2) is 0 Å². The molecule has 0 bridgehead atoms. The Balaban J connectivity index is 2.11. The molecule has 1 amide bonds. The Morgan fingerprint density at radius 1 is 1.50 bits per heavy atom. The summed E-state index contributed by atoms with van der Waals surface area (Å²) in [5.41, 5.74) is 0. The minimum absolute atomic E-state index is 0.200. The highest BCUT2D eigenvalue weighted by Crippen LogP contribution is 2.24. The third-order valence-corrected chi connectivity index (χ3v) is 3.94. The average molecular weight is 245 g/mol. The van der Waals surface area contributed by atoms with Crippen molar-refractivity contribution in [1.82, 2.24) is 4.90 Å². The second-order valence-electron chi connectivity index (χ2n) is 5.35. The van der Waals surface area contributed by atoms with E-state index in [1.165, 1.54) is 0 Å². The van der Waals surface area contributed by atoms with Crippen molar-refractivity contribution >= 4 is 17.7 Å². The first kappa shape index (κ1) is 13.8. The van der Waals surface area contributed by atoms with Gasteiger partial charge in [-0.3, -0.25) is 4.79 Å². The summed E-state index contributed by atoms with van der Waals surface area (Å²) in [6.07, 6.45) is 2.00. The van der Waals surface area contributed by atoms with Crippen LogP contribution < -0.4 is 0 Å². The van der Waals surface area contributed by atoms with Crippen LogP contribution in [0.25, 0.3) is 0 Å². The van der Waals surface area contributed by atoms with Gasteiger partial charge in [-0.25, -0.2) is 0 Å². The second-order valence-corrected chi connectivity index (χ2v) is 7.27. The molecule has 0 radical (unpaired) electrons. The van der Waals surface area contributed by atoms with Gasteiger partial charge in [0.05, 0.1) is 6.10 Å². The Labute approximate surface area is 103 Å². The van der Waals surface area contributed by atoms with Crippen molar-refractivity contribution in [3.05, 3.63) is 0 Å². The molecule has 0 unspecified atom stereocenters. The maximum Gasteiger partial charge on any atom is 0.222 e. The first-order chi connectivity index (χ1) is 7.38. The van der Waals surface area contributed by atoms with E-state index in [2.05, 4.69) is 20.8 Å². The summed E-state index contributed by atoms with van der Waals surface area (Å²) >= 11 is 1.90. The molecule has 1 fully saturated rings. The van der Waals surface area contributed by atoms with Crippen molar-refractivity contribution in [2.24, 2.45) is 0 Å². The molecule has 1 aliphatic heterocycles. The number of carbonyl (C=O) groups is 1. The molecule has 94 valence electrons. The van der Waals surface area contributed by atoms with E-state index in [1.54, 1.807) is 4.90 Å². The number of β-amino-alcohol motifs (C(OH)–C–C–N with tert-alkyl or cyclic N) is 1. The monoisotopic (exact) mass is 245 g/mol. The van der Waals surface area contributed by atoms with Gasteiger partial charge in [-0.2, -0.15) is 11.8 Å². The first-order valence-corrected chi connectivity index (χ1v) is 6.97. The molecule has 1 rings (SSSR count). The molecule has 0 aromatic rings. The molecule has 3 nitrogen and oxygen atoms in total. The normalized spacial score (nSPS) is 21.5. The van der Waals surface area contributed by atoms with Gasteiger partial charge in [-0.05, 0) is 18.6 Å². The van der Waals surface area contributed by atoms with Crippen molar-refractivity contribution < 1.29 is 9.90 Å². The molecular weight excluding hydrogens is 222 g/mol. The summed E-state index contributed by atoms with van der Waals surface area (Å²) in [7, 11) is 0. The fraction of sp³-hybridized carbons (Fsp3) is 0.917. The van der Waals surface area contributed by atoms with Crippen LogP contribution in [0.1, 0.15) is 40.0 Å². The Kier molecular flexibility index (Phi) is 5.12. The number of likely N-dealkylation sites (tertiary alicyclic amines) is 1. The molecule has 1 N–H and O–H groups in total. The molecule has 16 heavy (non-hydrogen) atoms. The molecule has 4 heteroatoms. The molecule has 1 atom stereocenters. The van der Waals surface area contributed by atoms with E-state index in [1.807, 2.05) is 11.8 Å². The molecule has 1 aliphatic rings. The lowest BCUT2D eigenvalue weighted by atomic mass is 10.3. The summed E-state index contributed by atoms with van der Waals surface area (Å²) in [6, 6.07) is 0. The minimum atomic E-state index is -0.298. The van der Waals surface area contributed by atoms with E-state index < -0.39 is 0 Å². The summed E-state index contributed by atoms with van der Waals surface area (Å²) in [6.45, 7) is 7.83. The second kappa shape index (κ2) is 5.92. The minimum Gasteiger partial charge on any atom is -0.391 e. The lowest BCUT2D eigenvalue weighted by Crippen LogP contribution is -2.29. The molecule has 0 aromatic carbocycles. The molecular formula is C12H23NO2S. The van der Waals surface area contributed by atoms with Gasteiger partial charge in [0.25, 0.3) is 0 Å². The van der Waals surface area contributed by atoms with Gasteiger partial charge in [-0.1, -0.05) is 20.8 Å². The standard InChI is InChI=1S/C12H23NO2S/c1-12(2,3)16-8-4-5-11(15)13-7-6-10(14)9-13/h10,14H,4-9H2,1-3H3/t10-/m1/s1. The summed E-state index contributed by atoms with van der Waals surface area (Å²) in [5, 5.41) is 9.33. The van der Waals surface area contributed by atoms with Gasteiger partial charge < -0.3 is 10.0 Å². The van der Waals surface area contributed by atoms with E-state index in [0.29, 0.717) is 13.0 Å². The molecule has 1 saturated heterocycles. The number of nitrogens with zero attached hydrogens (tertiary/aromatic N) is 1. The Morgan fingerprint density at radius 3 is 2.69 bits per heavy atom. The number of aliphatic hydroxyl groups is 1. The van der Waals surface area contributed by atoms with Crippen LogP contribution in [0.5, 0.6) is 0 Å². The molecule has 0 aromatic heterocycles. The van der Waals surface area contributed by atoms with Crippen molar-refractivity contribution in [3.63, 3.8) is 0 Å². The zero-order valence-corrected chi connectivity index (χ0v) is 11.3. The zero-order valence-electron chi connectivity index (χ0n) is 10.5. The third-order valence-electron chi connectivity index (χ3n) is 2.59. The van der Waals surface area contributed by atoms with Gasteiger partial charge in [0.1, 0.15) is 0 Å². The number of rotatable bonds is 4. The largest absolute Gasteiger partial charge is 0.391 e. The van der Waals surface area contributed by atoms with Crippen LogP contribution in [0.3, 0.4) is 0 Å². The number of amides is 1. The number of hydrogen-bond acceptors (Lipinski definition) is 3. The van der Waals surface area contributed by atoms with E-state index in [0.717, 1.165) is 25.1 Å². The quantitative estimate of drug-likeness (QED) is 0.769. The van der Waals surface area contributed by atoms with Crippen LogP contribution in [-0.4, -0.2) is 45.6 Å². The highest BCUT2D eigenvalue weighted by Gasteiger charge is 2.23. The fourth-order valence-electron chi connectivity index (χ4n) is 1.73. The van der Waals surface area contributed by atoms with E-state index in [9.17, 15) is 9.90 Å². The first-order valence-electron chi connectivity index (χ1n) is 5.98. The Morgan fingerprint density at radius 2 is 2.19 bits per heavy atom. The van der Waals surface area contributed by atoms with Gasteiger partial charge in [0.2, 0.25) is 5.91 Å². The zero-order chi connectivity index (χ0) is 12.2. The SMILES string of the molecule is CC(C)(C)SCCCC(=O)N1CC[C@@H](O)C1. The number of carbonyl (C=O) groups excluding carboxylic acids is 1. The molecule has 0 saturated carbocycles. The lowest BCUT2D eigenvalue weighted by molar-refractivity contribution is -0.130. The number of thioether (sulfide) groups is 1. The van der Waals surface area contributed by atoms with Crippen LogP contribution >= 0.6 is 11.8 Å². The predicted octanol–water partition coefficient (Wildman–Crippen LogP) is 1.89. The Hall–Kier alpha value is -0.220. The third kappa shape index (κ3) is 5.21. The van der Waals surface area contributed by atoms with E-state index >= 15 is 0 Å². The highest BCUT2D eigenvalue weighted by atomic mass is 32.2. The van der Waals surface area contributed by atoms with Crippen LogP contribution in [0.2, 0.25) is 0 Å². The highest BCUT2D eigenvalue weighted by molar-refractivity contribution is 8.00. The van der Waals surface area contributed by atoms with Gasteiger partial charge in [-0.15, -0.1) is 0 Å². The summed E-state index contributed by atoms with van der Waals surface area (Å²) in [4.78, 5) is 13.5. The Bertz CT molecular complexity index is 238. The van der Waals surface area contributed by atoms with Gasteiger partial charge >= 0.3 is 0 Å². The van der Waals surface area contributed by atoms with Crippen LogP contribution in [-0.2, 0) is 4.79 Å². The number of hydrogen-bond donors (Lipinski definition) is 1. The van der Waals surface area contributed by atoms with Crippen molar-refractivity contribution in [2.75, 3.05) is 18.8 Å². The maximum absolute atomic E-state index is 11.7. The maximum atomic E-state index is 11.7. The van der Waals surface area contributed by atoms with E-state index in [4.69, 9.17) is 0 Å². The van der Waals surface area contributed by atoms with Crippen LogP contribution in [0.4, 0.5) is 0 Å². The summed E-state index contributed by atoms with van der Waals surface area (Å²) < 4.78 is 0.285. The lowest BCUT2D eigenvalue weighted by Gasteiger charge is -2.18.